The van der Waals surface area contributed by atoms with Crippen molar-refractivity contribution in [1.82, 2.24) is 25.1 Å². The summed E-state index contributed by atoms with van der Waals surface area (Å²) in [6.07, 6.45) is 3.43. The molecule has 160 valence electrons. The Morgan fingerprint density at radius 3 is 2.83 bits per heavy atom. The Morgan fingerprint density at radius 1 is 1.33 bits per heavy atom. The Morgan fingerprint density at radius 2 is 2.13 bits per heavy atom. The molecule has 1 atom stereocenters. The Labute approximate surface area is 176 Å². The van der Waals surface area contributed by atoms with Gasteiger partial charge in [0.1, 0.15) is 23.9 Å². The van der Waals surface area contributed by atoms with Crippen LogP contribution in [-0.2, 0) is 11.2 Å². The van der Waals surface area contributed by atoms with E-state index in [0.29, 0.717) is 26.1 Å². The van der Waals surface area contributed by atoms with Crippen LogP contribution in [0.15, 0.2) is 30.7 Å². The lowest BCUT2D eigenvalue weighted by molar-refractivity contribution is -0.127. The number of rotatable bonds is 6. The van der Waals surface area contributed by atoms with Gasteiger partial charge in [-0.1, -0.05) is 12.1 Å². The maximum atomic E-state index is 12.8. The number of nitrogens with two attached hydrogens (primary N) is 1. The van der Waals surface area contributed by atoms with Crippen molar-refractivity contribution in [3.63, 3.8) is 0 Å². The van der Waals surface area contributed by atoms with Crippen LogP contribution in [0.1, 0.15) is 21.5 Å². The van der Waals surface area contributed by atoms with Crippen LogP contribution in [0, 0.1) is 6.92 Å². The van der Waals surface area contributed by atoms with Crippen LogP contribution in [0.2, 0.25) is 0 Å². The number of piperazine rings is 1. The van der Waals surface area contributed by atoms with Crippen LogP contribution in [0.4, 0.5) is 5.82 Å². The first kappa shape index (κ1) is 21.5. The summed E-state index contributed by atoms with van der Waals surface area (Å²) >= 11 is 0. The molecule has 1 aromatic heterocycles. The molecule has 2 amide bonds. The molecule has 1 aliphatic heterocycles. The van der Waals surface area contributed by atoms with E-state index >= 15 is 0 Å². The molecule has 0 radical (unpaired) electrons. The lowest BCUT2D eigenvalue weighted by atomic mass is 10.1. The van der Waals surface area contributed by atoms with Crippen molar-refractivity contribution in [3.05, 3.63) is 47.4 Å². The minimum Gasteiger partial charge on any atom is -0.496 e. The highest BCUT2D eigenvalue weighted by molar-refractivity contribution is 5.98. The SMILES string of the molecule is COc1ccc(CCNC(=O)[C@H]2CN(C(=O)c3cncnc3N)CCN2C)cc1C. The van der Waals surface area contributed by atoms with E-state index in [1.54, 1.807) is 12.0 Å². The van der Waals surface area contributed by atoms with Crippen molar-refractivity contribution in [2.24, 2.45) is 0 Å². The average molecular weight is 412 g/mol. The molecular formula is C21H28N6O3. The van der Waals surface area contributed by atoms with Gasteiger partial charge < -0.3 is 20.7 Å². The second-order valence-electron chi connectivity index (χ2n) is 7.41. The number of methoxy groups -OCH3 is 1. The molecule has 3 rings (SSSR count). The zero-order chi connectivity index (χ0) is 21.7. The number of aromatic nitrogens is 2. The second-order valence-corrected chi connectivity index (χ2v) is 7.41. The summed E-state index contributed by atoms with van der Waals surface area (Å²) in [5.74, 6) is 0.635. The number of nitrogen functional groups attached to an aromatic ring is 1. The fourth-order valence-electron chi connectivity index (χ4n) is 3.56. The first-order valence-corrected chi connectivity index (χ1v) is 9.87. The summed E-state index contributed by atoms with van der Waals surface area (Å²) in [5.41, 5.74) is 8.25. The van der Waals surface area contributed by atoms with E-state index in [9.17, 15) is 9.59 Å². The number of aryl methyl sites for hydroxylation is 1. The molecule has 0 bridgehead atoms. The Kier molecular flexibility index (Phi) is 6.83. The van der Waals surface area contributed by atoms with E-state index in [-0.39, 0.29) is 29.7 Å². The van der Waals surface area contributed by atoms with Gasteiger partial charge in [-0.05, 0) is 37.6 Å². The molecule has 0 aliphatic carbocycles. The molecule has 1 saturated heterocycles. The predicted molar refractivity (Wildman–Crippen MR) is 113 cm³/mol. The third-order valence-corrected chi connectivity index (χ3v) is 5.38. The molecule has 2 heterocycles. The second kappa shape index (κ2) is 9.53. The van der Waals surface area contributed by atoms with E-state index < -0.39 is 6.04 Å². The molecule has 9 heteroatoms. The lowest BCUT2D eigenvalue weighted by Crippen LogP contribution is -2.59. The minimum atomic E-state index is -0.425. The van der Waals surface area contributed by atoms with Gasteiger partial charge in [0.2, 0.25) is 5.91 Å². The summed E-state index contributed by atoms with van der Waals surface area (Å²) in [7, 11) is 3.54. The molecule has 30 heavy (non-hydrogen) atoms. The van der Waals surface area contributed by atoms with Crippen molar-refractivity contribution in [2.45, 2.75) is 19.4 Å². The molecule has 2 aromatic rings. The molecule has 0 unspecified atom stereocenters. The number of nitrogens with one attached hydrogen (secondary N) is 1. The Hall–Kier alpha value is -3.20. The summed E-state index contributed by atoms with van der Waals surface area (Å²) < 4.78 is 5.28. The number of benzene rings is 1. The third-order valence-electron chi connectivity index (χ3n) is 5.38. The zero-order valence-electron chi connectivity index (χ0n) is 17.6. The number of amides is 2. The summed E-state index contributed by atoms with van der Waals surface area (Å²) in [4.78, 5) is 36.9. The van der Waals surface area contributed by atoms with Gasteiger partial charge in [-0.3, -0.25) is 14.5 Å². The molecular weight excluding hydrogens is 384 g/mol. The van der Waals surface area contributed by atoms with Crippen molar-refractivity contribution < 1.29 is 14.3 Å². The number of hydrogen-bond donors (Lipinski definition) is 2. The number of carbonyl (C=O) groups excluding carboxylic acids is 2. The number of likely N-dealkylation sites (N-methyl/N-ethyl adjacent to an activating group) is 1. The van der Waals surface area contributed by atoms with Crippen LogP contribution < -0.4 is 15.8 Å². The fourth-order valence-corrected chi connectivity index (χ4v) is 3.56. The van der Waals surface area contributed by atoms with Gasteiger partial charge in [-0.2, -0.15) is 0 Å². The van der Waals surface area contributed by atoms with Gasteiger partial charge in [-0.25, -0.2) is 9.97 Å². The Bertz CT molecular complexity index is 919. The van der Waals surface area contributed by atoms with Gasteiger partial charge in [0.25, 0.3) is 5.91 Å². The average Bonchev–Trinajstić information content (AvgIpc) is 2.74. The van der Waals surface area contributed by atoms with E-state index in [2.05, 4.69) is 21.4 Å². The molecule has 1 aromatic carbocycles. The smallest absolute Gasteiger partial charge is 0.259 e. The maximum absolute atomic E-state index is 12.8. The Balaban J connectivity index is 1.57. The number of ether oxygens (including phenoxy) is 1. The third kappa shape index (κ3) is 4.85. The molecule has 9 nitrogen and oxygen atoms in total. The van der Waals surface area contributed by atoms with Crippen molar-refractivity contribution in [3.8, 4) is 5.75 Å². The zero-order valence-corrected chi connectivity index (χ0v) is 17.6. The van der Waals surface area contributed by atoms with Crippen LogP contribution in [0.3, 0.4) is 0 Å². The molecule has 1 fully saturated rings. The van der Waals surface area contributed by atoms with Crippen LogP contribution in [0.25, 0.3) is 0 Å². The van der Waals surface area contributed by atoms with E-state index in [1.807, 2.05) is 31.0 Å². The highest BCUT2D eigenvalue weighted by atomic mass is 16.5. The molecule has 1 aliphatic rings. The maximum Gasteiger partial charge on any atom is 0.259 e. The number of anilines is 1. The lowest BCUT2D eigenvalue weighted by Gasteiger charge is -2.38. The predicted octanol–water partition coefficient (Wildman–Crippen LogP) is 0.491. The van der Waals surface area contributed by atoms with Gasteiger partial charge in [0.05, 0.1) is 12.7 Å². The van der Waals surface area contributed by atoms with Gasteiger partial charge in [-0.15, -0.1) is 0 Å². The summed E-state index contributed by atoms with van der Waals surface area (Å²) in [5, 5.41) is 2.99. The molecule has 0 spiro atoms. The largest absolute Gasteiger partial charge is 0.496 e. The molecule has 3 N–H and O–H groups in total. The van der Waals surface area contributed by atoms with Gasteiger partial charge in [0, 0.05) is 32.4 Å². The normalized spacial score (nSPS) is 16.9. The van der Waals surface area contributed by atoms with Crippen molar-refractivity contribution >= 4 is 17.6 Å². The minimum absolute atomic E-state index is 0.0995. The van der Waals surface area contributed by atoms with E-state index in [0.717, 1.165) is 16.9 Å². The quantitative estimate of drug-likeness (QED) is 0.710. The van der Waals surface area contributed by atoms with Crippen molar-refractivity contribution in [1.29, 1.82) is 0 Å². The first-order valence-electron chi connectivity index (χ1n) is 9.87. The van der Waals surface area contributed by atoms with Gasteiger partial charge in [0.15, 0.2) is 0 Å². The van der Waals surface area contributed by atoms with Crippen LogP contribution in [-0.4, -0.2) is 78.0 Å². The summed E-state index contributed by atoms with van der Waals surface area (Å²) in [6.45, 7) is 3.90. The highest BCUT2D eigenvalue weighted by Crippen LogP contribution is 2.19. The standard InChI is InChI=1S/C21H28N6O3/c1-14-10-15(4-5-18(14)30-3)6-7-24-20(28)17-12-27(9-8-26(17)2)21(29)16-11-23-13-25-19(16)22/h4-5,10-11,13,17H,6-9,12H2,1-3H3,(H,24,28)(H2,22,23,25)/t17-/m1/s1. The first-order chi connectivity index (χ1) is 14.4. The topological polar surface area (TPSA) is 114 Å². The van der Waals surface area contributed by atoms with Gasteiger partial charge >= 0.3 is 0 Å². The summed E-state index contributed by atoms with van der Waals surface area (Å²) in [6, 6.07) is 5.57. The number of nitrogens with zero attached hydrogens (tertiary/aromatic N) is 4. The van der Waals surface area contributed by atoms with Crippen LogP contribution >= 0.6 is 0 Å². The molecule has 0 saturated carbocycles. The fraction of sp³-hybridized carbons (Fsp3) is 0.429. The monoisotopic (exact) mass is 412 g/mol. The van der Waals surface area contributed by atoms with Crippen LogP contribution in [0.5, 0.6) is 5.75 Å². The van der Waals surface area contributed by atoms with E-state index in [1.165, 1.54) is 12.5 Å². The number of carbonyl (C=O) groups is 2. The number of hydrogen-bond acceptors (Lipinski definition) is 7. The van der Waals surface area contributed by atoms with Crippen molar-refractivity contribution in [2.75, 3.05) is 46.1 Å². The van der Waals surface area contributed by atoms with E-state index in [4.69, 9.17) is 10.5 Å². The highest BCUT2D eigenvalue weighted by Gasteiger charge is 2.33.